The Kier molecular flexibility index (Phi) is 2.56. The summed E-state index contributed by atoms with van der Waals surface area (Å²) in [6, 6.07) is 5.26. The Bertz CT molecular complexity index is 500. The van der Waals surface area contributed by atoms with Crippen molar-refractivity contribution >= 4 is 29.1 Å². The van der Waals surface area contributed by atoms with E-state index in [1.807, 2.05) is 13.0 Å². The number of nitrogens with zero attached hydrogens (tertiary/aromatic N) is 1. The number of imide groups is 1. The van der Waals surface area contributed by atoms with Gasteiger partial charge in [-0.05, 0) is 25.5 Å². The van der Waals surface area contributed by atoms with E-state index in [0.29, 0.717) is 16.3 Å². The van der Waals surface area contributed by atoms with Gasteiger partial charge in [0.25, 0.3) is 11.8 Å². The molecule has 0 saturated carbocycles. The summed E-state index contributed by atoms with van der Waals surface area (Å²) in [4.78, 5) is 24.6. The monoisotopic (exact) mass is 235 g/mol. The van der Waals surface area contributed by atoms with Gasteiger partial charge in [-0.15, -0.1) is 0 Å². The minimum Gasteiger partial charge on any atom is -0.269 e. The molecule has 16 heavy (non-hydrogen) atoms. The molecule has 0 spiro atoms. The summed E-state index contributed by atoms with van der Waals surface area (Å²) in [6.45, 7) is 3.43. The average Bonchev–Trinajstić information content (AvgIpc) is 2.44. The predicted molar refractivity (Wildman–Crippen MR) is 62.4 cm³/mol. The maximum atomic E-state index is 11.8. The molecule has 0 saturated heterocycles. The molecule has 2 amide bonds. The van der Waals surface area contributed by atoms with Crippen LogP contribution >= 0.6 is 11.6 Å². The molecule has 1 heterocycles. The third-order valence-electron chi connectivity index (χ3n) is 2.51. The van der Waals surface area contributed by atoms with E-state index < -0.39 is 0 Å². The van der Waals surface area contributed by atoms with E-state index in [0.717, 1.165) is 10.5 Å². The van der Waals surface area contributed by atoms with Gasteiger partial charge in [0.1, 0.15) is 0 Å². The molecule has 1 aliphatic rings. The van der Waals surface area contributed by atoms with Gasteiger partial charge in [0, 0.05) is 11.6 Å². The second-order valence-corrected chi connectivity index (χ2v) is 4.12. The van der Waals surface area contributed by atoms with Crippen LogP contribution in [0.4, 0.5) is 5.69 Å². The third-order valence-corrected chi connectivity index (χ3v) is 2.82. The number of anilines is 1. The zero-order valence-electron chi connectivity index (χ0n) is 8.95. The number of hydrogen-bond donors (Lipinski definition) is 0. The van der Waals surface area contributed by atoms with Crippen molar-refractivity contribution in [2.75, 3.05) is 4.90 Å². The lowest BCUT2D eigenvalue weighted by Gasteiger charge is -2.18. The number of benzene rings is 1. The van der Waals surface area contributed by atoms with Crippen molar-refractivity contribution < 1.29 is 9.59 Å². The number of hydrogen-bond acceptors (Lipinski definition) is 2. The second-order valence-electron chi connectivity index (χ2n) is 3.71. The number of rotatable bonds is 1. The van der Waals surface area contributed by atoms with E-state index in [1.54, 1.807) is 19.1 Å². The summed E-state index contributed by atoms with van der Waals surface area (Å²) in [5.74, 6) is -0.639. The first-order chi connectivity index (χ1) is 7.52. The zero-order valence-corrected chi connectivity index (χ0v) is 9.71. The van der Waals surface area contributed by atoms with E-state index in [1.165, 1.54) is 6.08 Å². The number of amides is 2. The average molecular weight is 236 g/mol. The van der Waals surface area contributed by atoms with Gasteiger partial charge in [0.2, 0.25) is 0 Å². The molecule has 1 aromatic carbocycles. The molecule has 0 N–H and O–H groups in total. The number of aryl methyl sites for hydroxylation is 1. The first-order valence-corrected chi connectivity index (χ1v) is 5.22. The van der Waals surface area contributed by atoms with Crippen LogP contribution in [0, 0.1) is 6.92 Å². The first kappa shape index (κ1) is 10.9. The SMILES string of the molecule is CC1=CC(=O)N(c2c(C)cccc2Cl)C1=O. The van der Waals surface area contributed by atoms with Gasteiger partial charge in [-0.2, -0.15) is 0 Å². The van der Waals surface area contributed by atoms with E-state index in [-0.39, 0.29) is 11.8 Å². The van der Waals surface area contributed by atoms with Crippen LogP contribution in [-0.4, -0.2) is 11.8 Å². The lowest BCUT2D eigenvalue weighted by molar-refractivity contribution is -0.120. The normalized spacial score (nSPS) is 15.7. The topological polar surface area (TPSA) is 37.4 Å². The molecule has 1 aliphatic heterocycles. The number of carbonyl (C=O) groups is 2. The van der Waals surface area contributed by atoms with Crippen molar-refractivity contribution in [3.05, 3.63) is 40.4 Å². The Balaban J connectivity index is 2.55. The maximum Gasteiger partial charge on any atom is 0.261 e. The highest BCUT2D eigenvalue weighted by molar-refractivity contribution is 6.38. The molecule has 0 unspecified atom stereocenters. The summed E-state index contributed by atoms with van der Waals surface area (Å²) < 4.78 is 0. The van der Waals surface area contributed by atoms with E-state index in [4.69, 9.17) is 11.6 Å². The third kappa shape index (κ3) is 1.53. The smallest absolute Gasteiger partial charge is 0.261 e. The van der Waals surface area contributed by atoms with Crippen LogP contribution in [0.15, 0.2) is 29.8 Å². The van der Waals surface area contributed by atoms with E-state index in [9.17, 15) is 9.59 Å². The fourth-order valence-corrected chi connectivity index (χ4v) is 2.01. The lowest BCUT2D eigenvalue weighted by Crippen LogP contribution is -2.31. The molecule has 0 aliphatic carbocycles. The van der Waals surface area contributed by atoms with Crippen LogP contribution in [0.3, 0.4) is 0 Å². The molecule has 82 valence electrons. The van der Waals surface area contributed by atoms with Gasteiger partial charge < -0.3 is 0 Å². The van der Waals surface area contributed by atoms with Gasteiger partial charge in [-0.25, -0.2) is 4.90 Å². The van der Waals surface area contributed by atoms with Crippen molar-refractivity contribution in [2.45, 2.75) is 13.8 Å². The number of halogens is 1. The standard InChI is InChI=1S/C12H10ClNO2/c1-7-4-3-5-9(13)11(7)14-10(15)6-8(2)12(14)16/h3-6H,1-2H3. The highest BCUT2D eigenvalue weighted by Crippen LogP contribution is 2.32. The molecule has 2 rings (SSSR count). The molecule has 0 fully saturated rings. The van der Waals surface area contributed by atoms with Gasteiger partial charge in [0.05, 0.1) is 10.7 Å². The molecule has 0 radical (unpaired) electrons. The lowest BCUT2D eigenvalue weighted by atomic mass is 10.2. The molecule has 0 atom stereocenters. The Labute approximate surface area is 98.3 Å². The molecule has 0 aromatic heterocycles. The van der Waals surface area contributed by atoms with Crippen LogP contribution in [0.2, 0.25) is 5.02 Å². The molecule has 0 bridgehead atoms. The Morgan fingerprint density at radius 1 is 1.19 bits per heavy atom. The highest BCUT2D eigenvalue weighted by Gasteiger charge is 2.31. The predicted octanol–water partition coefficient (Wildman–Crippen LogP) is 2.47. The van der Waals surface area contributed by atoms with Crippen LogP contribution in [0.1, 0.15) is 12.5 Å². The minimum atomic E-state index is -0.335. The number of carbonyl (C=O) groups excluding carboxylic acids is 2. The van der Waals surface area contributed by atoms with Crippen molar-refractivity contribution in [3.63, 3.8) is 0 Å². The van der Waals surface area contributed by atoms with Crippen molar-refractivity contribution in [1.29, 1.82) is 0 Å². The second kappa shape index (κ2) is 3.76. The Morgan fingerprint density at radius 3 is 2.38 bits per heavy atom. The van der Waals surface area contributed by atoms with Crippen LogP contribution < -0.4 is 4.90 Å². The fourth-order valence-electron chi connectivity index (χ4n) is 1.71. The van der Waals surface area contributed by atoms with Gasteiger partial charge in [-0.1, -0.05) is 23.7 Å². The quantitative estimate of drug-likeness (QED) is 0.702. The van der Waals surface area contributed by atoms with Crippen molar-refractivity contribution in [2.24, 2.45) is 0 Å². The number of para-hydroxylation sites is 1. The largest absolute Gasteiger partial charge is 0.269 e. The van der Waals surface area contributed by atoms with Crippen molar-refractivity contribution in [1.82, 2.24) is 0 Å². The molecule has 4 heteroatoms. The Hall–Kier alpha value is -1.61. The maximum absolute atomic E-state index is 11.8. The summed E-state index contributed by atoms with van der Waals surface area (Å²) in [5.41, 5.74) is 1.72. The Morgan fingerprint density at radius 2 is 1.88 bits per heavy atom. The van der Waals surface area contributed by atoms with Crippen LogP contribution in [0.25, 0.3) is 0 Å². The van der Waals surface area contributed by atoms with Gasteiger partial charge in [0.15, 0.2) is 0 Å². The summed E-state index contributed by atoms with van der Waals surface area (Å²) in [5, 5.41) is 0.407. The molecular formula is C12H10ClNO2. The molecule has 1 aromatic rings. The summed E-state index contributed by atoms with van der Waals surface area (Å²) in [7, 11) is 0. The highest BCUT2D eigenvalue weighted by atomic mass is 35.5. The fraction of sp³-hybridized carbons (Fsp3) is 0.167. The molecular weight excluding hydrogens is 226 g/mol. The van der Waals surface area contributed by atoms with Gasteiger partial charge >= 0.3 is 0 Å². The van der Waals surface area contributed by atoms with Crippen LogP contribution in [-0.2, 0) is 9.59 Å². The first-order valence-electron chi connectivity index (χ1n) is 4.84. The zero-order chi connectivity index (χ0) is 11.9. The summed E-state index contributed by atoms with van der Waals surface area (Å²) >= 11 is 6.02. The van der Waals surface area contributed by atoms with Gasteiger partial charge in [-0.3, -0.25) is 9.59 Å². The van der Waals surface area contributed by atoms with E-state index in [2.05, 4.69) is 0 Å². The van der Waals surface area contributed by atoms with E-state index >= 15 is 0 Å². The van der Waals surface area contributed by atoms with Crippen molar-refractivity contribution in [3.8, 4) is 0 Å². The summed E-state index contributed by atoms with van der Waals surface area (Å²) in [6.07, 6.45) is 1.32. The van der Waals surface area contributed by atoms with Crippen LogP contribution in [0.5, 0.6) is 0 Å². The molecule has 3 nitrogen and oxygen atoms in total. The minimum absolute atomic E-state index is 0.304.